The number of aromatic nitrogens is 2. The zero-order valence-electron chi connectivity index (χ0n) is 15.0. The Bertz CT molecular complexity index is 906. The second-order valence-electron chi connectivity index (χ2n) is 5.73. The Kier molecular flexibility index (Phi) is 8.50. The summed E-state index contributed by atoms with van der Waals surface area (Å²) in [7, 11) is 0. The van der Waals surface area contributed by atoms with Crippen LogP contribution in [0.2, 0.25) is 5.02 Å². The maximum absolute atomic E-state index is 12.3. The van der Waals surface area contributed by atoms with Crippen LogP contribution in [0.25, 0.3) is 22.6 Å². The van der Waals surface area contributed by atoms with Gasteiger partial charge < -0.3 is 0 Å². The van der Waals surface area contributed by atoms with Gasteiger partial charge in [0.05, 0.1) is 11.4 Å². The molecule has 0 amide bonds. The molecular weight excluding hydrogens is 554 g/mol. The Morgan fingerprint density at radius 1 is 0.893 bits per heavy atom. The van der Waals surface area contributed by atoms with E-state index in [1.165, 1.54) is 6.07 Å². The minimum Gasteiger partial charge on any atom is -0.295 e. The smallest absolute Gasteiger partial charge is 0.295 e. The molecule has 142 valence electrons. The molecule has 2 aromatic carbocycles. The summed E-state index contributed by atoms with van der Waals surface area (Å²) in [5, 5.41) is 0.420. The van der Waals surface area contributed by atoms with Crippen LogP contribution < -0.4 is 0 Å². The molecule has 2 nitrogen and oxygen atoms in total. The predicted molar refractivity (Wildman–Crippen MR) is 107 cm³/mol. The Hall–Kier alpha value is -2.35. The molecule has 0 aliphatic carbocycles. The van der Waals surface area contributed by atoms with Crippen molar-refractivity contribution in [2.24, 2.45) is 0 Å². The largest absolute Gasteiger partial charge is 2.00 e. The molecule has 28 heavy (non-hydrogen) atoms. The summed E-state index contributed by atoms with van der Waals surface area (Å²) < 4.78 is 12.3. The van der Waals surface area contributed by atoms with E-state index in [2.05, 4.69) is 22.1 Å². The molecule has 2 heterocycles. The van der Waals surface area contributed by atoms with E-state index in [1.807, 2.05) is 60.7 Å². The Balaban J connectivity index is 0.000000239. The minimum absolute atomic E-state index is 0. The topological polar surface area (TPSA) is 25.8 Å². The second kappa shape index (κ2) is 10.8. The molecule has 0 radical (unpaired) electrons. The number of hydrogen-bond donors (Lipinski definition) is 0. The number of nitrogens with zero attached hydrogens (tertiary/aromatic N) is 2. The van der Waals surface area contributed by atoms with E-state index in [9.17, 15) is 4.39 Å². The Labute approximate surface area is 183 Å². The summed E-state index contributed by atoms with van der Waals surface area (Å²) in [5.41, 5.74) is 4.40. The van der Waals surface area contributed by atoms with Crippen molar-refractivity contribution in [2.75, 3.05) is 0 Å². The van der Waals surface area contributed by atoms with Crippen LogP contribution in [0.5, 0.6) is 0 Å². The molecular formula is C23H16ClFN2Pt. The first-order valence-electron chi connectivity index (χ1n) is 8.32. The van der Waals surface area contributed by atoms with Gasteiger partial charge in [0, 0.05) is 12.0 Å². The third-order valence-electron chi connectivity index (χ3n) is 3.60. The maximum atomic E-state index is 12.3. The fraction of sp³-hybridized carbons (Fsp3) is 0.0435. The fourth-order valence-electron chi connectivity index (χ4n) is 2.42. The third-order valence-corrected chi connectivity index (χ3v) is 3.82. The molecule has 0 saturated heterocycles. The van der Waals surface area contributed by atoms with Gasteiger partial charge in [0.25, 0.3) is 0 Å². The first kappa shape index (κ1) is 21.9. The predicted octanol–water partition coefficient (Wildman–Crippen LogP) is 6.20. The molecule has 0 aliphatic rings. The van der Waals surface area contributed by atoms with Crippen LogP contribution in [-0.2, 0) is 21.1 Å². The van der Waals surface area contributed by atoms with Gasteiger partial charge in [0.15, 0.2) is 0 Å². The summed E-state index contributed by atoms with van der Waals surface area (Å²) in [4.78, 5) is 8.93. The zero-order chi connectivity index (χ0) is 19.1. The number of rotatable bonds is 2. The van der Waals surface area contributed by atoms with Crippen LogP contribution in [-0.4, -0.2) is 9.97 Å². The van der Waals surface area contributed by atoms with Crippen molar-refractivity contribution in [3.8, 4) is 22.6 Å². The Morgan fingerprint density at radius 2 is 1.64 bits per heavy atom. The quantitative estimate of drug-likeness (QED) is 0.269. The van der Waals surface area contributed by atoms with Crippen LogP contribution in [0.15, 0.2) is 79.0 Å². The first-order valence-corrected chi connectivity index (χ1v) is 8.70. The van der Waals surface area contributed by atoms with Crippen LogP contribution >= 0.6 is 11.6 Å². The van der Waals surface area contributed by atoms with Gasteiger partial charge in [-0.15, -0.1) is 65.7 Å². The molecule has 0 atom stereocenters. The Morgan fingerprint density at radius 3 is 2.29 bits per heavy atom. The van der Waals surface area contributed by atoms with E-state index >= 15 is 0 Å². The van der Waals surface area contributed by atoms with Crippen molar-refractivity contribution in [3.05, 3.63) is 108 Å². The second-order valence-corrected chi connectivity index (χ2v) is 6.17. The van der Waals surface area contributed by atoms with Gasteiger partial charge in [-0.2, -0.15) is 5.56 Å². The van der Waals surface area contributed by atoms with Crippen molar-refractivity contribution < 1.29 is 25.5 Å². The molecule has 2 aromatic heterocycles. The monoisotopic (exact) mass is 569 g/mol. The van der Waals surface area contributed by atoms with Crippen molar-refractivity contribution in [1.29, 1.82) is 0 Å². The van der Waals surface area contributed by atoms with Crippen LogP contribution in [0, 0.1) is 24.9 Å². The van der Waals surface area contributed by atoms with Crippen molar-refractivity contribution in [1.82, 2.24) is 9.97 Å². The molecule has 4 rings (SSSR count). The fourth-order valence-corrected chi connectivity index (χ4v) is 2.68. The van der Waals surface area contributed by atoms with E-state index in [-0.39, 0.29) is 21.1 Å². The molecule has 4 aromatic rings. The van der Waals surface area contributed by atoms with E-state index < -0.39 is 5.82 Å². The number of benzene rings is 2. The molecule has 0 fully saturated rings. The standard InChI is InChI=1S/C16H11N2.C7H5ClF.Pt/c1-2-7-13(8-3-1)14-10-6-11-16(18-14)15-9-4-5-12-17-15;1-5-2-6(8)4-7(9)3-5;/h1-7,9-12H;2,4H,1H3;/q2*-1;+2. The summed E-state index contributed by atoms with van der Waals surface area (Å²) in [5.74, 6) is -0.403. The number of pyridine rings is 2. The molecule has 0 bridgehead atoms. The zero-order valence-corrected chi connectivity index (χ0v) is 18.0. The van der Waals surface area contributed by atoms with Crippen LogP contribution in [0.1, 0.15) is 5.56 Å². The average molecular weight is 570 g/mol. The molecule has 0 aliphatic heterocycles. The molecule has 5 heteroatoms. The first-order chi connectivity index (χ1) is 13.1. The summed E-state index contributed by atoms with van der Waals surface area (Å²) in [6.45, 7) is 1.74. The molecule has 0 spiro atoms. The molecule has 0 unspecified atom stereocenters. The van der Waals surface area contributed by atoms with E-state index in [0.29, 0.717) is 5.02 Å². The van der Waals surface area contributed by atoms with Crippen molar-refractivity contribution in [3.63, 3.8) is 0 Å². The van der Waals surface area contributed by atoms with Crippen molar-refractivity contribution in [2.45, 2.75) is 6.92 Å². The van der Waals surface area contributed by atoms with Gasteiger partial charge in [0.2, 0.25) is 0 Å². The maximum Gasteiger partial charge on any atom is 2.00 e. The normalized spacial score (nSPS) is 9.68. The van der Waals surface area contributed by atoms with Gasteiger partial charge in [-0.25, -0.2) is 4.39 Å². The van der Waals surface area contributed by atoms with Gasteiger partial charge in [-0.3, -0.25) is 9.97 Å². The van der Waals surface area contributed by atoms with Gasteiger partial charge in [0.1, 0.15) is 0 Å². The van der Waals surface area contributed by atoms with Crippen molar-refractivity contribution >= 4 is 11.6 Å². The summed E-state index contributed by atoms with van der Waals surface area (Å²) >= 11 is 5.49. The van der Waals surface area contributed by atoms with E-state index in [1.54, 1.807) is 19.2 Å². The summed E-state index contributed by atoms with van der Waals surface area (Å²) in [6.07, 6.45) is 1.78. The number of hydrogen-bond acceptors (Lipinski definition) is 2. The number of aryl methyl sites for hydroxylation is 1. The van der Waals surface area contributed by atoms with Gasteiger partial charge in [-0.1, -0.05) is 30.1 Å². The van der Waals surface area contributed by atoms with Gasteiger partial charge >= 0.3 is 21.1 Å². The SMILES string of the molecule is Cc1[c-]c(F)cc(Cl)c1.[Pt+2].[c-]1ccccc1-c1cccc(-c2ccccn2)n1. The van der Waals surface area contributed by atoms with Crippen LogP contribution in [0.4, 0.5) is 4.39 Å². The van der Waals surface area contributed by atoms with E-state index in [0.717, 1.165) is 28.2 Å². The number of halogens is 2. The van der Waals surface area contributed by atoms with E-state index in [4.69, 9.17) is 11.6 Å². The third kappa shape index (κ3) is 6.37. The van der Waals surface area contributed by atoms with Gasteiger partial charge in [-0.05, 0) is 23.9 Å². The molecule has 0 N–H and O–H groups in total. The summed E-state index contributed by atoms with van der Waals surface area (Å²) in [6, 6.07) is 28.1. The minimum atomic E-state index is -0.403. The average Bonchev–Trinajstić information content (AvgIpc) is 2.69. The van der Waals surface area contributed by atoms with Crippen LogP contribution in [0.3, 0.4) is 0 Å². The molecule has 0 saturated carbocycles.